The number of carboxylic acids is 2. The van der Waals surface area contributed by atoms with Crippen LogP contribution < -0.4 is 33.2 Å². The molecule has 0 spiro atoms. The molecule has 0 aromatic carbocycles. The Balaban J connectivity index is 5.11. The van der Waals surface area contributed by atoms with E-state index in [2.05, 4.69) is 33.6 Å². The number of nitrogens with zero attached hydrogens (tertiary/aromatic N) is 1. The Hall–Kier alpha value is -3.07. The Labute approximate surface area is 183 Å². The van der Waals surface area contributed by atoms with Crippen LogP contribution in [0.15, 0.2) is 4.99 Å². The normalized spacial score (nSPS) is 13.2. The summed E-state index contributed by atoms with van der Waals surface area (Å²) in [4.78, 5) is 62.2. The number of hydrogen-bond acceptors (Lipinski definition) is 8. The molecular formula is C16H29N7O7S. The number of aliphatic carboxylic acids is 2. The van der Waals surface area contributed by atoms with E-state index in [1.165, 1.54) is 0 Å². The molecule has 0 aliphatic heterocycles. The second-order valence-electron chi connectivity index (χ2n) is 6.35. The lowest BCUT2D eigenvalue weighted by Gasteiger charge is -2.23. The third kappa shape index (κ3) is 12.3. The number of nitrogens with one attached hydrogen (secondary N) is 3. The zero-order valence-corrected chi connectivity index (χ0v) is 17.6. The Morgan fingerprint density at radius 1 is 0.903 bits per heavy atom. The zero-order valence-electron chi connectivity index (χ0n) is 16.7. The van der Waals surface area contributed by atoms with Gasteiger partial charge in [0.2, 0.25) is 17.7 Å². The molecule has 11 N–H and O–H groups in total. The first-order valence-corrected chi connectivity index (χ1v) is 9.86. The molecule has 15 heteroatoms. The number of thiol groups is 1. The molecule has 3 unspecified atom stereocenters. The van der Waals surface area contributed by atoms with Gasteiger partial charge in [-0.1, -0.05) is 0 Å². The third-order valence-corrected chi connectivity index (χ3v) is 4.22. The molecule has 0 aliphatic carbocycles. The van der Waals surface area contributed by atoms with Gasteiger partial charge in [0.05, 0.1) is 6.54 Å². The molecule has 0 saturated heterocycles. The molecule has 31 heavy (non-hydrogen) atoms. The predicted molar refractivity (Wildman–Crippen MR) is 113 cm³/mol. The van der Waals surface area contributed by atoms with Crippen molar-refractivity contribution in [1.29, 1.82) is 0 Å². The monoisotopic (exact) mass is 463 g/mol. The van der Waals surface area contributed by atoms with Crippen LogP contribution in [0.4, 0.5) is 0 Å². The molecule has 0 saturated carbocycles. The maximum Gasteiger partial charge on any atom is 0.326 e. The molecule has 14 nitrogen and oxygen atoms in total. The third-order valence-electron chi connectivity index (χ3n) is 3.86. The lowest BCUT2D eigenvalue weighted by molar-refractivity contribution is -0.143. The number of hydrogen-bond donors (Lipinski definition) is 9. The summed E-state index contributed by atoms with van der Waals surface area (Å²) in [5.41, 5.74) is 15.7. The quantitative estimate of drug-likeness (QED) is 0.0497. The van der Waals surface area contributed by atoms with Crippen LogP contribution in [0.2, 0.25) is 0 Å². The number of guanidine groups is 1. The number of amides is 3. The van der Waals surface area contributed by atoms with E-state index in [1.807, 2.05) is 0 Å². The minimum absolute atomic E-state index is 0.130. The first-order chi connectivity index (χ1) is 14.5. The largest absolute Gasteiger partial charge is 0.481 e. The van der Waals surface area contributed by atoms with Gasteiger partial charge >= 0.3 is 11.9 Å². The molecular weight excluding hydrogens is 434 g/mol. The van der Waals surface area contributed by atoms with Gasteiger partial charge in [-0.2, -0.15) is 12.6 Å². The van der Waals surface area contributed by atoms with Crippen LogP contribution in [0, 0.1) is 0 Å². The molecule has 0 radical (unpaired) electrons. The maximum atomic E-state index is 12.6. The van der Waals surface area contributed by atoms with Gasteiger partial charge in [-0.05, 0) is 19.3 Å². The highest BCUT2D eigenvalue weighted by molar-refractivity contribution is 7.80. The smallest absolute Gasteiger partial charge is 0.326 e. The predicted octanol–water partition coefficient (Wildman–Crippen LogP) is -3.67. The number of nitrogens with two attached hydrogens (primary N) is 3. The topological polar surface area (TPSA) is 252 Å². The van der Waals surface area contributed by atoms with E-state index in [0.717, 1.165) is 0 Å². The number of carbonyl (C=O) groups is 5. The van der Waals surface area contributed by atoms with E-state index in [9.17, 15) is 24.0 Å². The molecule has 3 amide bonds. The highest BCUT2D eigenvalue weighted by Gasteiger charge is 2.28. The molecule has 176 valence electrons. The van der Waals surface area contributed by atoms with E-state index >= 15 is 0 Å². The van der Waals surface area contributed by atoms with Gasteiger partial charge in [-0.25, -0.2) is 4.79 Å². The second kappa shape index (κ2) is 14.8. The second-order valence-corrected chi connectivity index (χ2v) is 6.71. The van der Waals surface area contributed by atoms with Crippen molar-refractivity contribution < 1.29 is 34.2 Å². The first kappa shape index (κ1) is 27.9. The van der Waals surface area contributed by atoms with Crippen molar-refractivity contribution in [3.05, 3.63) is 0 Å². The van der Waals surface area contributed by atoms with Crippen molar-refractivity contribution in [2.75, 3.05) is 18.8 Å². The summed E-state index contributed by atoms with van der Waals surface area (Å²) in [5.74, 6) is -5.16. The van der Waals surface area contributed by atoms with E-state index in [0.29, 0.717) is 6.42 Å². The lowest BCUT2D eigenvalue weighted by Crippen LogP contribution is -2.56. The number of carboxylic acid groups (broad SMARTS) is 2. The molecule has 3 atom stereocenters. The van der Waals surface area contributed by atoms with Crippen LogP contribution in [0.25, 0.3) is 0 Å². The minimum atomic E-state index is -1.46. The standard InChI is InChI=1S/C16H29N7O7S/c17-6-11(24)21-8(2-1-5-20-16(18)19)13(27)23-10(7-31)14(28)22-9(15(29)30)3-4-12(25)26/h8-10,31H,1-7,17H2,(H,21,24)(H,22,28)(H,23,27)(H,25,26)(H,29,30)(H4,18,19,20). The van der Waals surface area contributed by atoms with E-state index in [-0.39, 0.29) is 37.6 Å². The van der Waals surface area contributed by atoms with Crippen LogP contribution in [-0.4, -0.2) is 82.8 Å². The molecule has 0 aliphatic rings. The van der Waals surface area contributed by atoms with Crippen molar-refractivity contribution in [2.45, 2.75) is 43.8 Å². The summed E-state index contributed by atoms with van der Waals surface area (Å²) in [7, 11) is 0. The highest BCUT2D eigenvalue weighted by Crippen LogP contribution is 2.03. The van der Waals surface area contributed by atoms with Crippen molar-refractivity contribution in [2.24, 2.45) is 22.2 Å². The first-order valence-electron chi connectivity index (χ1n) is 9.22. The van der Waals surface area contributed by atoms with Gasteiger partial charge in [0.15, 0.2) is 5.96 Å². The summed E-state index contributed by atoms with van der Waals surface area (Å²) in [6, 6.07) is -3.75. The molecule has 0 aromatic heterocycles. The SMILES string of the molecule is NCC(=O)NC(CCCN=C(N)N)C(=O)NC(CS)C(=O)NC(CCC(=O)O)C(=O)O. The molecule has 0 aromatic rings. The lowest BCUT2D eigenvalue weighted by atomic mass is 10.1. The summed E-state index contributed by atoms with van der Waals surface area (Å²) >= 11 is 3.98. The fraction of sp³-hybridized carbons (Fsp3) is 0.625. The van der Waals surface area contributed by atoms with E-state index in [4.69, 9.17) is 27.4 Å². The van der Waals surface area contributed by atoms with Gasteiger partial charge in [-0.3, -0.25) is 24.2 Å². The van der Waals surface area contributed by atoms with Gasteiger partial charge in [0.25, 0.3) is 0 Å². The van der Waals surface area contributed by atoms with Crippen molar-refractivity contribution in [3.63, 3.8) is 0 Å². The van der Waals surface area contributed by atoms with Gasteiger partial charge in [0.1, 0.15) is 18.1 Å². The van der Waals surface area contributed by atoms with Gasteiger partial charge in [-0.15, -0.1) is 0 Å². The van der Waals surface area contributed by atoms with Crippen LogP contribution >= 0.6 is 12.6 Å². The Bertz CT molecular complexity index is 685. The van der Waals surface area contributed by atoms with Crippen LogP contribution in [-0.2, 0) is 24.0 Å². The van der Waals surface area contributed by atoms with Gasteiger partial charge in [0, 0.05) is 18.7 Å². The summed E-state index contributed by atoms with van der Waals surface area (Å²) < 4.78 is 0. The molecule has 0 heterocycles. The van der Waals surface area contributed by atoms with Crippen molar-refractivity contribution >= 4 is 48.2 Å². The molecule has 0 fully saturated rings. The molecule has 0 rings (SSSR count). The van der Waals surface area contributed by atoms with Crippen LogP contribution in [0.3, 0.4) is 0 Å². The molecule has 0 bridgehead atoms. The summed E-state index contributed by atoms with van der Waals surface area (Å²) in [5, 5.41) is 24.8. The Morgan fingerprint density at radius 3 is 1.97 bits per heavy atom. The minimum Gasteiger partial charge on any atom is -0.481 e. The van der Waals surface area contributed by atoms with E-state index in [1.54, 1.807) is 0 Å². The average Bonchev–Trinajstić information content (AvgIpc) is 2.70. The van der Waals surface area contributed by atoms with Gasteiger partial charge < -0.3 is 43.4 Å². The number of rotatable bonds is 15. The zero-order chi connectivity index (χ0) is 24.0. The number of aliphatic imine (C=N–C) groups is 1. The summed E-state index contributed by atoms with van der Waals surface area (Å²) in [6.07, 6.45) is -0.359. The van der Waals surface area contributed by atoms with Crippen molar-refractivity contribution in [1.82, 2.24) is 16.0 Å². The fourth-order valence-corrected chi connectivity index (χ4v) is 2.55. The fourth-order valence-electron chi connectivity index (χ4n) is 2.29. The summed E-state index contributed by atoms with van der Waals surface area (Å²) in [6.45, 7) is -0.164. The highest BCUT2D eigenvalue weighted by atomic mass is 32.1. The van der Waals surface area contributed by atoms with Crippen molar-refractivity contribution in [3.8, 4) is 0 Å². The van der Waals surface area contributed by atoms with Crippen LogP contribution in [0.5, 0.6) is 0 Å². The maximum absolute atomic E-state index is 12.6. The van der Waals surface area contributed by atoms with Crippen LogP contribution in [0.1, 0.15) is 25.7 Å². The number of carbonyl (C=O) groups excluding carboxylic acids is 3. The Kier molecular flexibility index (Phi) is 13.4. The Morgan fingerprint density at radius 2 is 1.48 bits per heavy atom. The van der Waals surface area contributed by atoms with E-state index < -0.39 is 54.2 Å². The average molecular weight is 464 g/mol.